The second kappa shape index (κ2) is 6.20. The number of hydrogen-bond acceptors (Lipinski definition) is 4. The van der Waals surface area contributed by atoms with Gasteiger partial charge in [-0.3, -0.25) is 0 Å². The van der Waals surface area contributed by atoms with E-state index in [1.807, 2.05) is 19.9 Å². The standard InChI is InChI=1S/C13H17BrO4/c1-13(2,14)9-5-6-10(12(15)17-4)11(7-9)18-8-16-3/h5-7H,8H2,1-4H3. The lowest BCUT2D eigenvalue weighted by Gasteiger charge is -2.19. The van der Waals surface area contributed by atoms with Gasteiger partial charge in [-0.25, -0.2) is 4.79 Å². The predicted octanol–water partition coefficient (Wildman–Crippen LogP) is 3.09. The van der Waals surface area contributed by atoms with Gasteiger partial charge in [-0.15, -0.1) is 0 Å². The molecule has 0 heterocycles. The van der Waals surface area contributed by atoms with Crippen molar-refractivity contribution in [1.82, 2.24) is 0 Å². The van der Waals surface area contributed by atoms with Crippen molar-refractivity contribution in [3.05, 3.63) is 29.3 Å². The molecule has 0 aliphatic rings. The van der Waals surface area contributed by atoms with Gasteiger partial charge in [0.2, 0.25) is 0 Å². The van der Waals surface area contributed by atoms with Crippen molar-refractivity contribution in [2.75, 3.05) is 21.0 Å². The molecule has 0 unspecified atom stereocenters. The first-order chi connectivity index (χ1) is 8.40. The molecule has 1 aromatic rings. The van der Waals surface area contributed by atoms with Crippen LogP contribution in [0.15, 0.2) is 18.2 Å². The number of esters is 1. The quantitative estimate of drug-likeness (QED) is 0.476. The Morgan fingerprint density at radius 1 is 1.33 bits per heavy atom. The molecule has 0 radical (unpaired) electrons. The number of benzene rings is 1. The molecule has 5 heteroatoms. The summed E-state index contributed by atoms with van der Waals surface area (Å²) in [5.41, 5.74) is 1.39. The molecule has 4 nitrogen and oxygen atoms in total. The highest BCUT2D eigenvalue weighted by Crippen LogP contribution is 2.33. The summed E-state index contributed by atoms with van der Waals surface area (Å²) < 4.78 is 14.8. The number of rotatable bonds is 5. The third-order valence-electron chi connectivity index (χ3n) is 2.41. The normalized spacial score (nSPS) is 11.2. The lowest BCUT2D eigenvalue weighted by Crippen LogP contribution is -2.11. The van der Waals surface area contributed by atoms with Crippen molar-refractivity contribution < 1.29 is 19.0 Å². The first-order valence-corrected chi connectivity index (χ1v) is 6.23. The molecule has 100 valence electrons. The topological polar surface area (TPSA) is 44.8 Å². The molecule has 0 fully saturated rings. The first kappa shape index (κ1) is 15.0. The first-order valence-electron chi connectivity index (χ1n) is 5.43. The number of alkyl halides is 1. The van der Waals surface area contributed by atoms with Crippen LogP contribution < -0.4 is 4.74 Å². The van der Waals surface area contributed by atoms with E-state index in [0.29, 0.717) is 11.3 Å². The van der Waals surface area contributed by atoms with Crippen LogP contribution in [0.4, 0.5) is 0 Å². The van der Waals surface area contributed by atoms with Gasteiger partial charge in [-0.1, -0.05) is 22.0 Å². The number of ether oxygens (including phenoxy) is 3. The third-order valence-corrected chi connectivity index (χ3v) is 2.86. The molecule has 1 aromatic carbocycles. The summed E-state index contributed by atoms with van der Waals surface area (Å²) in [6, 6.07) is 5.36. The number of carbonyl (C=O) groups is 1. The summed E-state index contributed by atoms with van der Waals surface area (Å²) in [6.45, 7) is 4.11. The SMILES string of the molecule is COCOc1cc(C(C)(C)Br)ccc1C(=O)OC. The van der Waals surface area contributed by atoms with Crippen LogP contribution in [-0.2, 0) is 13.8 Å². The van der Waals surface area contributed by atoms with Crippen molar-refractivity contribution in [2.24, 2.45) is 0 Å². The van der Waals surface area contributed by atoms with E-state index >= 15 is 0 Å². The summed E-state index contributed by atoms with van der Waals surface area (Å²) >= 11 is 3.56. The lowest BCUT2D eigenvalue weighted by molar-refractivity contribution is 0.0464. The summed E-state index contributed by atoms with van der Waals surface area (Å²) in [5.74, 6) is 0.0220. The fourth-order valence-electron chi connectivity index (χ4n) is 1.41. The molecular weight excluding hydrogens is 300 g/mol. The average molecular weight is 317 g/mol. The van der Waals surface area contributed by atoms with Crippen LogP contribution in [-0.4, -0.2) is 27.0 Å². The number of carbonyl (C=O) groups excluding carboxylic acids is 1. The molecule has 0 aromatic heterocycles. The van der Waals surface area contributed by atoms with Crippen molar-refractivity contribution in [2.45, 2.75) is 18.2 Å². The predicted molar refractivity (Wildman–Crippen MR) is 72.2 cm³/mol. The Balaban J connectivity index is 3.16. The Labute approximate surface area is 115 Å². The molecule has 1 rings (SSSR count). The van der Waals surface area contributed by atoms with Gasteiger partial charge in [-0.05, 0) is 31.5 Å². The smallest absolute Gasteiger partial charge is 0.341 e. The zero-order valence-corrected chi connectivity index (χ0v) is 12.5. The monoisotopic (exact) mass is 316 g/mol. The van der Waals surface area contributed by atoms with Crippen LogP contribution in [0.25, 0.3) is 0 Å². The maximum Gasteiger partial charge on any atom is 0.341 e. The molecule has 0 atom stereocenters. The maximum atomic E-state index is 11.6. The largest absolute Gasteiger partial charge is 0.467 e. The minimum absolute atomic E-state index is 0.0795. The molecule has 0 N–H and O–H groups in total. The van der Waals surface area contributed by atoms with Gasteiger partial charge in [0.25, 0.3) is 0 Å². The van der Waals surface area contributed by atoms with Crippen LogP contribution in [0.2, 0.25) is 0 Å². The Morgan fingerprint density at radius 3 is 2.50 bits per heavy atom. The number of halogens is 1. The van der Waals surface area contributed by atoms with Gasteiger partial charge >= 0.3 is 5.97 Å². The van der Waals surface area contributed by atoms with E-state index in [0.717, 1.165) is 5.56 Å². The Bertz CT molecular complexity index is 423. The van der Waals surface area contributed by atoms with E-state index in [4.69, 9.17) is 14.2 Å². The second-order valence-corrected chi connectivity index (χ2v) is 6.21. The minimum atomic E-state index is -0.431. The highest BCUT2D eigenvalue weighted by Gasteiger charge is 2.20. The zero-order chi connectivity index (χ0) is 13.8. The van der Waals surface area contributed by atoms with Crippen LogP contribution in [0.1, 0.15) is 29.8 Å². The Hall–Kier alpha value is -1.07. The van der Waals surface area contributed by atoms with Crippen molar-refractivity contribution >= 4 is 21.9 Å². The zero-order valence-electron chi connectivity index (χ0n) is 11.0. The Morgan fingerprint density at radius 2 is 2.00 bits per heavy atom. The second-order valence-electron chi connectivity index (χ2n) is 4.23. The van der Waals surface area contributed by atoms with Gasteiger partial charge in [0, 0.05) is 11.4 Å². The summed E-state index contributed by atoms with van der Waals surface area (Å²) in [5, 5.41) is 0. The van der Waals surface area contributed by atoms with Gasteiger partial charge in [0.1, 0.15) is 11.3 Å². The van der Waals surface area contributed by atoms with E-state index < -0.39 is 5.97 Å². The highest BCUT2D eigenvalue weighted by atomic mass is 79.9. The van der Waals surface area contributed by atoms with Gasteiger partial charge in [0.05, 0.1) is 7.11 Å². The maximum absolute atomic E-state index is 11.6. The van der Waals surface area contributed by atoms with Crippen LogP contribution in [0.5, 0.6) is 5.75 Å². The van der Waals surface area contributed by atoms with E-state index in [-0.39, 0.29) is 11.1 Å². The summed E-state index contributed by atoms with van der Waals surface area (Å²) in [4.78, 5) is 11.6. The van der Waals surface area contributed by atoms with Crippen LogP contribution in [0.3, 0.4) is 0 Å². The van der Waals surface area contributed by atoms with Crippen molar-refractivity contribution in [1.29, 1.82) is 0 Å². The van der Waals surface area contributed by atoms with Crippen LogP contribution in [0, 0.1) is 0 Å². The minimum Gasteiger partial charge on any atom is -0.467 e. The molecule has 18 heavy (non-hydrogen) atoms. The number of hydrogen-bond donors (Lipinski definition) is 0. The fraction of sp³-hybridized carbons (Fsp3) is 0.462. The number of methoxy groups -OCH3 is 2. The van der Waals surface area contributed by atoms with Crippen molar-refractivity contribution in [3.63, 3.8) is 0 Å². The average Bonchev–Trinajstić information content (AvgIpc) is 2.34. The molecule has 0 saturated carbocycles. The van der Waals surface area contributed by atoms with Gasteiger partial charge in [0.15, 0.2) is 6.79 Å². The lowest BCUT2D eigenvalue weighted by atomic mass is 10.0. The molecule has 0 aliphatic heterocycles. The third kappa shape index (κ3) is 3.71. The Kier molecular flexibility index (Phi) is 5.16. The molecule has 0 bridgehead atoms. The molecule has 0 saturated heterocycles. The van der Waals surface area contributed by atoms with E-state index in [2.05, 4.69) is 15.9 Å². The molecule has 0 aliphatic carbocycles. The van der Waals surface area contributed by atoms with Gasteiger partial charge < -0.3 is 14.2 Å². The van der Waals surface area contributed by atoms with Gasteiger partial charge in [-0.2, -0.15) is 0 Å². The molecule has 0 spiro atoms. The summed E-state index contributed by atoms with van der Waals surface area (Å²) in [7, 11) is 2.86. The molecular formula is C13H17BrO4. The summed E-state index contributed by atoms with van der Waals surface area (Å²) in [6.07, 6.45) is 0. The van der Waals surface area contributed by atoms with E-state index in [9.17, 15) is 4.79 Å². The highest BCUT2D eigenvalue weighted by molar-refractivity contribution is 9.09. The van der Waals surface area contributed by atoms with Crippen molar-refractivity contribution in [3.8, 4) is 5.75 Å². The van der Waals surface area contributed by atoms with E-state index in [1.165, 1.54) is 14.2 Å². The fourth-order valence-corrected chi connectivity index (χ4v) is 1.66. The molecule has 0 amide bonds. The van der Waals surface area contributed by atoms with Crippen LogP contribution >= 0.6 is 15.9 Å². The van der Waals surface area contributed by atoms with E-state index in [1.54, 1.807) is 12.1 Å².